The number of alkyl halides is 1. The van der Waals surface area contributed by atoms with E-state index in [1.807, 2.05) is 0 Å². The van der Waals surface area contributed by atoms with Crippen molar-refractivity contribution in [3.8, 4) is 0 Å². The average Bonchev–Trinajstić information content (AvgIpc) is 2.14. The Morgan fingerprint density at radius 1 is 1.82 bits per heavy atom. The van der Waals surface area contributed by atoms with Gasteiger partial charge in [-0.3, -0.25) is 0 Å². The predicted molar refractivity (Wildman–Crippen MR) is 32.5 cm³/mol. The van der Waals surface area contributed by atoms with Crippen molar-refractivity contribution in [3.05, 3.63) is 0 Å². The van der Waals surface area contributed by atoms with Crippen LogP contribution in [0.3, 0.4) is 0 Å². The van der Waals surface area contributed by atoms with Gasteiger partial charge in [-0.2, -0.15) is 0 Å². The van der Waals surface area contributed by atoms with Crippen LogP contribution in [-0.2, 0) is 9.53 Å². The number of ether oxygens (including phenoxy) is 1. The molecular weight excluding hydrogens is 155 g/mol. The van der Waals surface area contributed by atoms with Crippen LogP contribution >= 0.6 is 0 Å². The molecule has 0 amide bonds. The van der Waals surface area contributed by atoms with Crippen molar-refractivity contribution in [3.63, 3.8) is 0 Å². The highest BCUT2D eigenvalue weighted by molar-refractivity contribution is 5.82. The lowest BCUT2D eigenvalue weighted by molar-refractivity contribution is -0.150. The molecule has 0 aromatic rings. The third-order valence-corrected chi connectivity index (χ3v) is 1.75. The number of hydrogen-bond acceptors (Lipinski definition) is 4. The van der Waals surface area contributed by atoms with E-state index in [2.05, 4.69) is 4.74 Å². The molecule has 1 aliphatic heterocycles. The molecule has 2 unspecified atom stereocenters. The van der Waals surface area contributed by atoms with E-state index in [1.165, 1.54) is 0 Å². The Kier molecular flexibility index (Phi) is 1.85. The van der Waals surface area contributed by atoms with Crippen molar-refractivity contribution >= 4 is 5.97 Å². The summed E-state index contributed by atoms with van der Waals surface area (Å²) in [4.78, 5) is 10.6. The molecule has 4 nitrogen and oxygen atoms in total. The Morgan fingerprint density at radius 2 is 2.36 bits per heavy atom. The molecule has 64 valence electrons. The highest BCUT2D eigenvalue weighted by Gasteiger charge is 2.54. The molecule has 3 atom stereocenters. The minimum Gasteiger partial charge on any atom is -0.455 e. The molecule has 0 radical (unpaired) electrons. The Morgan fingerprint density at radius 3 is 2.55 bits per heavy atom. The third kappa shape index (κ3) is 1.10. The summed E-state index contributed by atoms with van der Waals surface area (Å²) >= 11 is 0. The van der Waals surface area contributed by atoms with Crippen LogP contribution in [0.4, 0.5) is 4.39 Å². The Balaban J connectivity index is 2.80. The second kappa shape index (κ2) is 2.42. The van der Waals surface area contributed by atoms with Gasteiger partial charge in [-0.25, -0.2) is 9.18 Å². The summed E-state index contributed by atoms with van der Waals surface area (Å²) in [5.74, 6) is -1.12. The van der Waals surface area contributed by atoms with Crippen molar-refractivity contribution in [1.82, 2.24) is 0 Å². The summed E-state index contributed by atoms with van der Waals surface area (Å²) in [5, 5.41) is 17.5. The number of carbonyl (C=O) groups is 1. The molecule has 0 aromatic carbocycles. The molecule has 0 spiro atoms. The van der Waals surface area contributed by atoms with E-state index in [1.54, 1.807) is 0 Å². The summed E-state index contributed by atoms with van der Waals surface area (Å²) < 4.78 is 17.3. The van der Waals surface area contributed by atoms with Crippen LogP contribution in [0.15, 0.2) is 0 Å². The maximum atomic E-state index is 13.0. The van der Waals surface area contributed by atoms with E-state index in [-0.39, 0.29) is 0 Å². The lowest BCUT2D eigenvalue weighted by atomic mass is 10.0. The molecular formula is C6H9FO4. The summed E-state index contributed by atoms with van der Waals surface area (Å²) in [5.41, 5.74) is -2.38. The molecule has 0 bridgehead atoms. The van der Waals surface area contributed by atoms with Crippen LogP contribution in [0.5, 0.6) is 0 Å². The van der Waals surface area contributed by atoms with Crippen LogP contribution in [0.25, 0.3) is 0 Å². The maximum Gasteiger partial charge on any atom is 0.346 e. The SMILES string of the molecule is CC1(F)C(=O)OC(CO)[C@H]1O. The summed E-state index contributed by atoms with van der Waals surface area (Å²) in [6.07, 6.45) is -2.70. The average molecular weight is 164 g/mol. The fourth-order valence-electron chi connectivity index (χ4n) is 0.924. The smallest absolute Gasteiger partial charge is 0.346 e. The molecule has 1 rings (SSSR count). The van der Waals surface area contributed by atoms with Crippen molar-refractivity contribution in [2.24, 2.45) is 0 Å². The zero-order valence-corrected chi connectivity index (χ0v) is 5.95. The molecule has 1 saturated heterocycles. The van der Waals surface area contributed by atoms with E-state index < -0.39 is 30.5 Å². The lowest BCUT2D eigenvalue weighted by Gasteiger charge is -2.14. The first-order chi connectivity index (χ1) is 5.00. The van der Waals surface area contributed by atoms with E-state index >= 15 is 0 Å². The number of esters is 1. The number of cyclic esters (lactones) is 1. The van der Waals surface area contributed by atoms with Gasteiger partial charge in [0.15, 0.2) is 6.10 Å². The van der Waals surface area contributed by atoms with Crippen molar-refractivity contribution in [1.29, 1.82) is 0 Å². The normalized spacial score (nSPS) is 44.2. The Labute approximate surface area is 62.6 Å². The zero-order chi connectivity index (χ0) is 8.65. The predicted octanol–water partition coefficient (Wildman–Crippen LogP) is -1.01. The molecule has 5 heteroatoms. The molecule has 1 aliphatic rings. The first-order valence-corrected chi connectivity index (χ1v) is 3.19. The summed E-state index contributed by atoms with van der Waals surface area (Å²) in [6, 6.07) is 0. The minimum atomic E-state index is -2.38. The van der Waals surface area contributed by atoms with Crippen LogP contribution in [-0.4, -0.2) is 40.7 Å². The monoisotopic (exact) mass is 164 g/mol. The zero-order valence-electron chi connectivity index (χ0n) is 5.95. The molecule has 0 aromatic heterocycles. The minimum absolute atomic E-state index is 0.563. The van der Waals surface area contributed by atoms with Gasteiger partial charge in [0.25, 0.3) is 0 Å². The topological polar surface area (TPSA) is 66.8 Å². The molecule has 0 saturated carbocycles. The van der Waals surface area contributed by atoms with Crippen molar-refractivity contribution in [2.45, 2.75) is 24.8 Å². The van der Waals surface area contributed by atoms with Crippen LogP contribution in [0.1, 0.15) is 6.92 Å². The van der Waals surface area contributed by atoms with Crippen molar-refractivity contribution < 1.29 is 24.1 Å². The maximum absolute atomic E-state index is 13.0. The number of carbonyl (C=O) groups excluding carboxylic acids is 1. The van der Waals surface area contributed by atoms with Gasteiger partial charge in [0.05, 0.1) is 6.61 Å². The lowest BCUT2D eigenvalue weighted by Crippen LogP contribution is -2.40. The van der Waals surface area contributed by atoms with Crippen molar-refractivity contribution in [2.75, 3.05) is 6.61 Å². The second-order valence-corrected chi connectivity index (χ2v) is 2.65. The molecule has 0 aliphatic carbocycles. The largest absolute Gasteiger partial charge is 0.455 e. The Bertz CT molecular complexity index is 179. The number of rotatable bonds is 1. The number of aliphatic hydroxyl groups excluding tert-OH is 2. The van der Waals surface area contributed by atoms with Gasteiger partial charge >= 0.3 is 5.97 Å². The highest BCUT2D eigenvalue weighted by Crippen LogP contribution is 2.29. The second-order valence-electron chi connectivity index (χ2n) is 2.65. The van der Waals surface area contributed by atoms with Gasteiger partial charge in [-0.15, -0.1) is 0 Å². The van der Waals surface area contributed by atoms with E-state index in [0.717, 1.165) is 6.92 Å². The number of aliphatic hydroxyl groups is 2. The molecule has 1 fully saturated rings. The Hall–Kier alpha value is -0.680. The summed E-state index contributed by atoms with van der Waals surface area (Å²) in [6.45, 7) is 0.363. The molecule has 1 heterocycles. The third-order valence-electron chi connectivity index (χ3n) is 1.75. The van der Waals surface area contributed by atoms with Gasteiger partial charge in [-0.1, -0.05) is 0 Å². The molecule has 11 heavy (non-hydrogen) atoms. The van der Waals surface area contributed by atoms with Gasteiger partial charge < -0.3 is 14.9 Å². The first-order valence-electron chi connectivity index (χ1n) is 3.19. The highest BCUT2D eigenvalue weighted by atomic mass is 19.1. The standard InChI is InChI=1S/C6H9FO4/c1-6(7)4(9)3(2-8)11-5(6)10/h3-4,8-9H,2H2,1H3/t3?,4-,6?/m1/s1. The number of hydrogen-bond donors (Lipinski definition) is 2. The van der Waals surface area contributed by atoms with Gasteiger partial charge in [-0.05, 0) is 6.92 Å². The quantitative estimate of drug-likeness (QED) is 0.487. The van der Waals surface area contributed by atoms with E-state index in [0.29, 0.717) is 0 Å². The van der Waals surface area contributed by atoms with Gasteiger partial charge in [0.1, 0.15) is 6.10 Å². The first kappa shape index (κ1) is 8.42. The van der Waals surface area contributed by atoms with E-state index in [4.69, 9.17) is 10.2 Å². The molecule has 2 N–H and O–H groups in total. The fourth-order valence-corrected chi connectivity index (χ4v) is 0.924. The number of halogens is 1. The van der Waals surface area contributed by atoms with Gasteiger partial charge in [0.2, 0.25) is 5.67 Å². The van der Waals surface area contributed by atoms with Crippen LogP contribution in [0.2, 0.25) is 0 Å². The van der Waals surface area contributed by atoms with Gasteiger partial charge in [0, 0.05) is 0 Å². The van der Waals surface area contributed by atoms with E-state index in [9.17, 15) is 9.18 Å². The fraction of sp³-hybridized carbons (Fsp3) is 0.833. The van der Waals surface area contributed by atoms with Crippen LogP contribution < -0.4 is 0 Å². The summed E-state index contributed by atoms with van der Waals surface area (Å²) in [7, 11) is 0. The van der Waals surface area contributed by atoms with Crippen LogP contribution in [0, 0.1) is 0 Å².